The van der Waals surface area contributed by atoms with E-state index in [4.69, 9.17) is 16.3 Å². The highest BCUT2D eigenvalue weighted by Gasteiger charge is 2.15. The van der Waals surface area contributed by atoms with Gasteiger partial charge in [-0.05, 0) is 17.7 Å². The summed E-state index contributed by atoms with van der Waals surface area (Å²) in [6.07, 6.45) is 1.52. The molecule has 120 valence electrons. The maximum absolute atomic E-state index is 12.6. The maximum Gasteiger partial charge on any atom is 0.332 e. The van der Waals surface area contributed by atoms with E-state index in [9.17, 15) is 9.59 Å². The Morgan fingerprint density at radius 3 is 2.70 bits per heavy atom. The summed E-state index contributed by atoms with van der Waals surface area (Å²) in [5.74, 6) is 0.496. The molecule has 0 fully saturated rings. The van der Waals surface area contributed by atoms with E-state index < -0.39 is 5.69 Å². The Bertz CT molecular complexity index is 1020. The van der Waals surface area contributed by atoms with E-state index in [2.05, 4.69) is 4.98 Å². The molecule has 0 aliphatic carbocycles. The van der Waals surface area contributed by atoms with Crippen LogP contribution in [0.5, 0.6) is 5.75 Å². The van der Waals surface area contributed by atoms with E-state index in [-0.39, 0.29) is 12.1 Å². The number of aryl methyl sites for hydroxylation is 2. The molecule has 0 unspecified atom stereocenters. The van der Waals surface area contributed by atoms with Crippen molar-refractivity contribution in [2.24, 2.45) is 14.1 Å². The first-order chi connectivity index (χ1) is 10.9. The summed E-state index contributed by atoms with van der Waals surface area (Å²) >= 11 is 6.00. The second-order valence-electron chi connectivity index (χ2n) is 5.23. The summed E-state index contributed by atoms with van der Waals surface area (Å²) in [4.78, 5) is 29.2. The fraction of sp³-hybridized carbons (Fsp3) is 0.267. The Labute approximate surface area is 136 Å². The van der Waals surface area contributed by atoms with E-state index in [1.54, 1.807) is 36.9 Å². The molecule has 8 heteroatoms. The van der Waals surface area contributed by atoms with Crippen molar-refractivity contribution in [3.63, 3.8) is 0 Å². The van der Waals surface area contributed by atoms with Crippen LogP contribution in [-0.2, 0) is 20.6 Å². The zero-order valence-electron chi connectivity index (χ0n) is 12.9. The highest BCUT2D eigenvalue weighted by Crippen LogP contribution is 2.25. The number of fused-ring (bicyclic) bond motifs is 1. The molecule has 3 aromatic rings. The van der Waals surface area contributed by atoms with Gasteiger partial charge in [-0.25, -0.2) is 9.78 Å². The molecule has 0 spiro atoms. The van der Waals surface area contributed by atoms with Gasteiger partial charge in [-0.15, -0.1) is 0 Å². The van der Waals surface area contributed by atoms with Gasteiger partial charge in [0.2, 0.25) is 0 Å². The zero-order chi connectivity index (χ0) is 16.7. The average molecular weight is 335 g/mol. The van der Waals surface area contributed by atoms with Crippen molar-refractivity contribution in [2.45, 2.75) is 6.54 Å². The van der Waals surface area contributed by atoms with Crippen LogP contribution in [0.3, 0.4) is 0 Å². The summed E-state index contributed by atoms with van der Waals surface area (Å²) in [5, 5.41) is 0.471. The van der Waals surface area contributed by atoms with Crippen molar-refractivity contribution in [3.05, 3.63) is 56.0 Å². The Kier molecular flexibility index (Phi) is 3.73. The zero-order valence-corrected chi connectivity index (χ0v) is 13.7. The summed E-state index contributed by atoms with van der Waals surface area (Å²) in [7, 11) is 4.82. The lowest BCUT2D eigenvalue weighted by Gasteiger charge is -2.10. The Morgan fingerprint density at radius 1 is 1.26 bits per heavy atom. The largest absolute Gasteiger partial charge is 0.495 e. The molecule has 2 heterocycles. The summed E-state index contributed by atoms with van der Waals surface area (Å²) in [5.41, 5.74) is 0.694. The lowest BCUT2D eigenvalue weighted by Crippen LogP contribution is -2.39. The van der Waals surface area contributed by atoms with Crippen LogP contribution < -0.4 is 16.0 Å². The number of hydrogen-bond acceptors (Lipinski definition) is 4. The Balaban J connectivity index is 2.19. The van der Waals surface area contributed by atoms with Crippen molar-refractivity contribution in [2.75, 3.05) is 7.11 Å². The van der Waals surface area contributed by atoms with E-state index in [0.717, 1.165) is 5.56 Å². The SMILES string of the molecule is COc1cc(Cn2c(=O)c3c(ncn3C)n(C)c2=O)ccc1Cl. The lowest BCUT2D eigenvalue weighted by molar-refractivity contribution is 0.414. The fourth-order valence-corrected chi connectivity index (χ4v) is 2.72. The predicted molar refractivity (Wildman–Crippen MR) is 87.3 cm³/mol. The van der Waals surface area contributed by atoms with Gasteiger partial charge in [-0.1, -0.05) is 17.7 Å². The van der Waals surface area contributed by atoms with Gasteiger partial charge in [0.15, 0.2) is 11.2 Å². The first-order valence-corrected chi connectivity index (χ1v) is 7.25. The maximum atomic E-state index is 12.6. The van der Waals surface area contributed by atoms with Crippen molar-refractivity contribution < 1.29 is 4.74 Å². The molecule has 2 aromatic heterocycles. The Morgan fingerprint density at radius 2 is 2.00 bits per heavy atom. The summed E-state index contributed by atoms with van der Waals surface area (Å²) in [6.45, 7) is 0.125. The van der Waals surface area contributed by atoms with Crippen LogP contribution in [-0.4, -0.2) is 25.8 Å². The number of methoxy groups -OCH3 is 1. The normalized spacial score (nSPS) is 11.1. The standard InChI is InChI=1S/C15H15ClN4O3/c1-18-8-17-13-12(18)14(21)20(15(22)19(13)2)7-9-4-5-10(16)11(6-9)23-3/h4-6,8H,7H2,1-3H3. The van der Waals surface area contributed by atoms with Gasteiger partial charge >= 0.3 is 5.69 Å². The number of rotatable bonds is 3. The minimum atomic E-state index is -0.421. The molecule has 0 atom stereocenters. The second-order valence-corrected chi connectivity index (χ2v) is 5.64. The van der Waals surface area contributed by atoms with Gasteiger partial charge in [0, 0.05) is 14.1 Å². The van der Waals surface area contributed by atoms with Gasteiger partial charge in [-0.2, -0.15) is 0 Å². The minimum Gasteiger partial charge on any atom is -0.495 e. The molecular formula is C15H15ClN4O3. The number of aromatic nitrogens is 4. The number of hydrogen-bond donors (Lipinski definition) is 0. The van der Waals surface area contributed by atoms with Crippen molar-refractivity contribution in [1.82, 2.24) is 18.7 Å². The van der Waals surface area contributed by atoms with Crippen molar-refractivity contribution >= 4 is 22.8 Å². The molecule has 0 amide bonds. The third kappa shape index (κ3) is 2.43. The predicted octanol–water partition coefficient (Wildman–Crippen LogP) is 1.14. The summed E-state index contributed by atoms with van der Waals surface area (Å²) in [6, 6.07) is 5.14. The van der Waals surface area contributed by atoms with Gasteiger partial charge in [0.25, 0.3) is 5.56 Å². The molecule has 3 rings (SSSR count). The first-order valence-electron chi connectivity index (χ1n) is 6.87. The van der Waals surface area contributed by atoms with Gasteiger partial charge < -0.3 is 9.30 Å². The molecule has 1 aromatic carbocycles. The molecule has 0 aliphatic heterocycles. The third-order valence-corrected chi connectivity index (χ3v) is 4.07. The first kappa shape index (κ1) is 15.4. The van der Waals surface area contributed by atoms with E-state index in [1.165, 1.54) is 22.6 Å². The molecular weight excluding hydrogens is 320 g/mol. The number of imidazole rings is 1. The molecule has 0 aliphatic rings. The van der Waals surface area contributed by atoms with Crippen LogP contribution >= 0.6 is 11.6 Å². The van der Waals surface area contributed by atoms with Crippen LogP contribution in [0, 0.1) is 0 Å². The number of benzene rings is 1. The number of halogens is 1. The highest BCUT2D eigenvalue weighted by atomic mass is 35.5. The minimum absolute atomic E-state index is 0.125. The summed E-state index contributed by atoms with van der Waals surface area (Å²) < 4.78 is 9.31. The van der Waals surface area contributed by atoms with E-state index in [1.807, 2.05) is 0 Å². The van der Waals surface area contributed by atoms with E-state index >= 15 is 0 Å². The molecule has 0 saturated carbocycles. The monoisotopic (exact) mass is 334 g/mol. The van der Waals surface area contributed by atoms with Crippen LogP contribution in [0.25, 0.3) is 11.2 Å². The second kappa shape index (κ2) is 5.58. The third-order valence-electron chi connectivity index (χ3n) is 3.76. The Hall–Kier alpha value is -2.54. The molecule has 7 nitrogen and oxygen atoms in total. The molecule has 0 saturated heterocycles. The van der Waals surface area contributed by atoms with Gasteiger partial charge in [0.1, 0.15) is 5.75 Å². The number of nitrogens with zero attached hydrogens (tertiary/aromatic N) is 4. The molecule has 0 N–H and O–H groups in total. The van der Waals surface area contributed by atoms with Gasteiger partial charge in [0.05, 0.1) is 25.0 Å². The van der Waals surface area contributed by atoms with Crippen molar-refractivity contribution in [1.29, 1.82) is 0 Å². The molecule has 0 bridgehead atoms. The number of ether oxygens (including phenoxy) is 1. The quantitative estimate of drug-likeness (QED) is 0.720. The highest BCUT2D eigenvalue weighted by molar-refractivity contribution is 6.32. The van der Waals surface area contributed by atoms with Crippen LogP contribution in [0.4, 0.5) is 0 Å². The van der Waals surface area contributed by atoms with Gasteiger partial charge in [-0.3, -0.25) is 13.9 Å². The van der Waals surface area contributed by atoms with Crippen molar-refractivity contribution in [3.8, 4) is 5.75 Å². The lowest BCUT2D eigenvalue weighted by atomic mass is 10.2. The van der Waals surface area contributed by atoms with Crippen LogP contribution in [0.1, 0.15) is 5.56 Å². The molecule has 0 radical (unpaired) electrons. The van der Waals surface area contributed by atoms with Crippen LogP contribution in [0.15, 0.2) is 34.1 Å². The smallest absolute Gasteiger partial charge is 0.332 e. The molecule has 23 heavy (non-hydrogen) atoms. The topological polar surface area (TPSA) is 71.1 Å². The van der Waals surface area contributed by atoms with E-state index in [0.29, 0.717) is 21.9 Å². The van der Waals surface area contributed by atoms with Crippen LogP contribution in [0.2, 0.25) is 5.02 Å². The fourth-order valence-electron chi connectivity index (χ4n) is 2.52. The average Bonchev–Trinajstić information content (AvgIpc) is 2.93.